The lowest BCUT2D eigenvalue weighted by Gasteiger charge is -2.12. The van der Waals surface area contributed by atoms with Gasteiger partial charge in [-0.15, -0.1) is 0 Å². The van der Waals surface area contributed by atoms with Gasteiger partial charge >= 0.3 is 0 Å². The van der Waals surface area contributed by atoms with Gasteiger partial charge in [0.05, 0.1) is 13.7 Å². The lowest BCUT2D eigenvalue weighted by molar-refractivity contribution is 0.187. The highest BCUT2D eigenvalue weighted by molar-refractivity contribution is 5.92. The fourth-order valence-corrected chi connectivity index (χ4v) is 2.41. The third-order valence-corrected chi connectivity index (χ3v) is 3.55. The van der Waals surface area contributed by atoms with Gasteiger partial charge in [-0.3, -0.25) is 0 Å². The lowest BCUT2D eigenvalue weighted by atomic mass is 10.1. The van der Waals surface area contributed by atoms with Crippen LogP contribution >= 0.6 is 0 Å². The molecule has 0 radical (unpaired) electrons. The van der Waals surface area contributed by atoms with Crippen LogP contribution in [0.1, 0.15) is 6.42 Å². The Balaban J connectivity index is 1.82. The van der Waals surface area contributed by atoms with Gasteiger partial charge in [-0.1, -0.05) is 0 Å². The van der Waals surface area contributed by atoms with Crippen LogP contribution in [-0.4, -0.2) is 31.9 Å². The van der Waals surface area contributed by atoms with Crippen LogP contribution < -0.4 is 10.1 Å². The normalized spacial score (nSPS) is 18.7. The molecule has 100 valence electrons. The second kappa shape index (κ2) is 5.45. The SMILES string of the molecule is COc1ccc2c(NCC3CCOC3)nccc2c1. The number of nitrogens with zero attached hydrogens (tertiary/aromatic N) is 1. The zero-order valence-electron chi connectivity index (χ0n) is 11.1. The Morgan fingerprint density at radius 2 is 2.37 bits per heavy atom. The average Bonchev–Trinajstić information content (AvgIpc) is 2.97. The van der Waals surface area contributed by atoms with Gasteiger partial charge in [0.15, 0.2) is 0 Å². The molecule has 1 aliphatic rings. The van der Waals surface area contributed by atoms with Crippen molar-refractivity contribution in [2.45, 2.75) is 6.42 Å². The molecule has 2 heterocycles. The highest BCUT2D eigenvalue weighted by Gasteiger charge is 2.15. The van der Waals surface area contributed by atoms with Crippen molar-refractivity contribution < 1.29 is 9.47 Å². The van der Waals surface area contributed by atoms with Gasteiger partial charge in [-0.2, -0.15) is 0 Å². The Kier molecular flexibility index (Phi) is 3.51. The van der Waals surface area contributed by atoms with E-state index in [0.29, 0.717) is 5.92 Å². The van der Waals surface area contributed by atoms with Crippen molar-refractivity contribution >= 4 is 16.6 Å². The van der Waals surface area contributed by atoms with Gasteiger partial charge < -0.3 is 14.8 Å². The van der Waals surface area contributed by atoms with Gasteiger partial charge in [0, 0.05) is 30.7 Å². The number of hydrogen-bond donors (Lipinski definition) is 1. The number of hydrogen-bond acceptors (Lipinski definition) is 4. The molecule has 19 heavy (non-hydrogen) atoms. The van der Waals surface area contributed by atoms with Crippen molar-refractivity contribution in [3.63, 3.8) is 0 Å². The standard InChI is InChI=1S/C15H18N2O2/c1-18-13-2-3-14-12(8-13)4-6-16-15(14)17-9-11-5-7-19-10-11/h2-4,6,8,11H,5,7,9-10H2,1H3,(H,16,17). The van der Waals surface area contributed by atoms with Crippen molar-refractivity contribution in [1.29, 1.82) is 0 Å². The third-order valence-electron chi connectivity index (χ3n) is 3.55. The highest BCUT2D eigenvalue weighted by atomic mass is 16.5. The van der Waals surface area contributed by atoms with E-state index < -0.39 is 0 Å². The molecule has 1 N–H and O–H groups in total. The molecule has 1 aliphatic heterocycles. The predicted molar refractivity (Wildman–Crippen MR) is 75.7 cm³/mol. The number of ether oxygens (including phenoxy) is 2. The summed E-state index contributed by atoms with van der Waals surface area (Å²) in [7, 11) is 1.68. The van der Waals surface area contributed by atoms with Crippen LogP contribution in [0.25, 0.3) is 10.8 Å². The summed E-state index contributed by atoms with van der Waals surface area (Å²) < 4.78 is 10.6. The number of pyridine rings is 1. The van der Waals surface area contributed by atoms with Crippen LogP contribution in [0.15, 0.2) is 30.5 Å². The summed E-state index contributed by atoms with van der Waals surface area (Å²) in [5.41, 5.74) is 0. The molecule has 1 unspecified atom stereocenters. The first-order valence-corrected chi connectivity index (χ1v) is 6.61. The van der Waals surface area contributed by atoms with Crippen LogP contribution in [0.2, 0.25) is 0 Å². The molecular weight excluding hydrogens is 240 g/mol. The number of nitrogens with one attached hydrogen (secondary N) is 1. The van der Waals surface area contributed by atoms with Crippen LogP contribution in [0.5, 0.6) is 5.75 Å². The Hall–Kier alpha value is -1.81. The predicted octanol–water partition coefficient (Wildman–Crippen LogP) is 2.69. The van der Waals surface area contributed by atoms with E-state index in [-0.39, 0.29) is 0 Å². The molecule has 3 rings (SSSR count). The number of methoxy groups -OCH3 is 1. The van der Waals surface area contributed by atoms with Gasteiger partial charge in [-0.05, 0) is 36.1 Å². The maximum absolute atomic E-state index is 5.39. The number of benzene rings is 1. The smallest absolute Gasteiger partial charge is 0.133 e. The summed E-state index contributed by atoms with van der Waals surface area (Å²) in [6.07, 6.45) is 2.96. The van der Waals surface area contributed by atoms with E-state index in [1.807, 2.05) is 24.4 Å². The van der Waals surface area contributed by atoms with Crippen molar-refractivity contribution in [2.24, 2.45) is 5.92 Å². The Bertz CT molecular complexity index is 565. The summed E-state index contributed by atoms with van der Waals surface area (Å²) in [4.78, 5) is 4.43. The summed E-state index contributed by atoms with van der Waals surface area (Å²) >= 11 is 0. The first kappa shape index (κ1) is 12.2. The van der Waals surface area contributed by atoms with Crippen molar-refractivity contribution in [3.05, 3.63) is 30.5 Å². The van der Waals surface area contributed by atoms with Crippen LogP contribution in [-0.2, 0) is 4.74 Å². The molecule has 0 aliphatic carbocycles. The van der Waals surface area contributed by atoms with E-state index in [9.17, 15) is 0 Å². The van der Waals surface area contributed by atoms with Crippen LogP contribution in [0, 0.1) is 5.92 Å². The molecule has 1 fully saturated rings. The largest absolute Gasteiger partial charge is 0.497 e. The maximum atomic E-state index is 5.39. The molecule has 0 bridgehead atoms. The maximum Gasteiger partial charge on any atom is 0.133 e. The van der Waals surface area contributed by atoms with Gasteiger partial charge in [0.2, 0.25) is 0 Å². The van der Waals surface area contributed by atoms with Gasteiger partial charge in [0.25, 0.3) is 0 Å². The van der Waals surface area contributed by atoms with E-state index in [1.165, 1.54) is 0 Å². The molecule has 1 atom stereocenters. The Labute approximate surface area is 112 Å². The lowest BCUT2D eigenvalue weighted by Crippen LogP contribution is -2.14. The third kappa shape index (κ3) is 2.63. The first-order chi connectivity index (χ1) is 9.36. The van der Waals surface area contributed by atoms with E-state index in [2.05, 4.69) is 16.4 Å². The Morgan fingerprint density at radius 1 is 1.42 bits per heavy atom. The van der Waals surface area contributed by atoms with E-state index in [4.69, 9.17) is 9.47 Å². The zero-order chi connectivity index (χ0) is 13.1. The first-order valence-electron chi connectivity index (χ1n) is 6.61. The van der Waals surface area contributed by atoms with Crippen LogP contribution in [0.3, 0.4) is 0 Å². The second-order valence-corrected chi connectivity index (χ2v) is 4.86. The topological polar surface area (TPSA) is 43.4 Å². The number of rotatable bonds is 4. The second-order valence-electron chi connectivity index (χ2n) is 4.86. The molecule has 4 nitrogen and oxygen atoms in total. The minimum absolute atomic E-state index is 0.593. The highest BCUT2D eigenvalue weighted by Crippen LogP contribution is 2.25. The molecule has 0 amide bonds. The summed E-state index contributed by atoms with van der Waals surface area (Å²) in [6, 6.07) is 8.05. The summed E-state index contributed by atoms with van der Waals surface area (Å²) in [5.74, 6) is 2.40. The number of aromatic nitrogens is 1. The fourth-order valence-electron chi connectivity index (χ4n) is 2.41. The zero-order valence-corrected chi connectivity index (χ0v) is 11.1. The molecule has 1 saturated heterocycles. The van der Waals surface area contributed by atoms with Gasteiger partial charge in [0.1, 0.15) is 11.6 Å². The molecule has 1 aromatic heterocycles. The van der Waals surface area contributed by atoms with Crippen molar-refractivity contribution in [1.82, 2.24) is 4.98 Å². The number of fused-ring (bicyclic) bond motifs is 1. The molecule has 2 aromatic rings. The average molecular weight is 258 g/mol. The van der Waals surface area contributed by atoms with E-state index in [1.54, 1.807) is 7.11 Å². The number of anilines is 1. The Morgan fingerprint density at radius 3 is 3.16 bits per heavy atom. The molecule has 4 heteroatoms. The van der Waals surface area contributed by atoms with E-state index in [0.717, 1.165) is 48.5 Å². The fraction of sp³-hybridized carbons (Fsp3) is 0.400. The monoisotopic (exact) mass is 258 g/mol. The summed E-state index contributed by atoms with van der Waals surface area (Å²) in [6.45, 7) is 2.65. The van der Waals surface area contributed by atoms with Crippen molar-refractivity contribution in [2.75, 3.05) is 32.2 Å². The molecular formula is C15H18N2O2. The van der Waals surface area contributed by atoms with Crippen LogP contribution in [0.4, 0.5) is 5.82 Å². The van der Waals surface area contributed by atoms with E-state index >= 15 is 0 Å². The molecule has 0 spiro atoms. The summed E-state index contributed by atoms with van der Waals surface area (Å²) in [5, 5.41) is 5.70. The molecule has 1 aromatic carbocycles. The molecule has 0 saturated carbocycles. The minimum atomic E-state index is 0.593. The quantitative estimate of drug-likeness (QED) is 0.915. The minimum Gasteiger partial charge on any atom is -0.497 e. The van der Waals surface area contributed by atoms with Gasteiger partial charge in [-0.25, -0.2) is 4.98 Å². The van der Waals surface area contributed by atoms with Crippen molar-refractivity contribution in [3.8, 4) is 5.75 Å².